The Morgan fingerprint density at radius 2 is 1.93 bits per heavy atom. The van der Waals surface area contributed by atoms with Gasteiger partial charge in [-0.15, -0.1) is 0 Å². The molecule has 2 aliphatic rings. The molecule has 0 aromatic rings. The van der Waals surface area contributed by atoms with Crippen molar-refractivity contribution in [2.24, 2.45) is 17.8 Å². The molecule has 0 spiro atoms. The van der Waals surface area contributed by atoms with Gasteiger partial charge in [-0.1, -0.05) is 37.6 Å². The molecule has 27 heavy (non-hydrogen) atoms. The number of hydrogen-bond donors (Lipinski definition) is 1. The van der Waals surface area contributed by atoms with Crippen LogP contribution < -0.4 is 0 Å². The minimum Gasteiger partial charge on any atom is -0.393 e. The fraction of sp³-hybridized carbons (Fsp3) is 0.783. The quantitative estimate of drug-likeness (QED) is 0.525. The van der Waals surface area contributed by atoms with Gasteiger partial charge in [-0.3, -0.25) is 0 Å². The van der Waals surface area contributed by atoms with E-state index in [1.54, 1.807) is 0 Å². The second-order valence-corrected chi connectivity index (χ2v) is 8.71. The third-order valence-corrected chi connectivity index (χ3v) is 6.35. The first kappa shape index (κ1) is 22.3. The second kappa shape index (κ2) is 10.5. The maximum absolute atomic E-state index is 10.9. The monoisotopic (exact) mass is 378 g/mol. The normalized spacial score (nSPS) is 39.5. The standard InChI is InChI=1S/C23H38O4/c1-15(6-10-22-16(2)8-9-17(3)26-22)7-11-23-18(4)21(19(5)25)14-20(27-23)12-13-24/h6-7,11,13,16-23,25H,8-10,12,14H2,1-5H3/b11-7+,15-6+/t16-,17+,18-,19?,20+,21?,22-,23?/m0/s1. The van der Waals surface area contributed by atoms with Crippen molar-refractivity contribution in [3.8, 4) is 0 Å². The molecule has 0 aromatic carbocycles. The zero-order valence-corrected chi connectivity index (χ0v) is 17.6. The van der Waals surface area contributed by atoms with E-state index >= 15 is 0 Å². The lowest BCUT2D eigenvalue weighted by molar-refractivity contribution is -0.124. The van der Waals surface area contributed by atoms with Crippen molar-refractivity contribution in [2.75, 3.05) is 0 Å². The number of aldehydes is 1. The van der Waals surface area contributed by atoms with E-state index < -0.39 is 6.10 Å². The summed E-state index contributed by atoms with van der Waals surface area (Å²) in [6.07, 6.45) is 11.9. The summed E-state index contributed by atoms with van der Waals surface area (Å²) in [5.74, 6) is 0.979. The van der Waals surface area contributed by atoms with Crippen LogP contribution in [0.25, 0.3) is 0 Å². The Balaban J connectivity index is 1.97. The van der Waals surface area contributed by atoms with Crippen molar-refractivity contribution in [3.05, 3.63) is 23.8 Å². The average Bonchev–Trinajstić information content (AvgIpc) is 2.62. The predicted octanol–water partition coefficient (Wildman–Crippen LogP) is 4.46. The summed E-state index contributed by atoms with van der Waals surface area (Å²) in [7, 11) is 0. The lowest BCUT2D eigenvalue weighted by Crippen LogP contribution is -2.43. The van der Waals surface area contributed by atoms with Gasteiger partial charge in [-0.2, -0.15) is 0 Å². The highest BCUT2D eigenvalue weighted by atomic mass is 16.5. The van der Waals surface area contributed by atoms with Crippen molar-refractivity contribution in [1.82, 2.24) is 0 Å². The third-order valence-electron chi connectivity index (χ3n) is 6.35. The second-order valence-electron chi connectivity index (χ2n) is 8.71. The Labute approximate surface area is 165 Å². The van der Waals surface area contributed by atoms with Crippen LogP contribution in [0.3, 0.4) is 0 Å². The van der Waals surface area contributed by atoms with Gasteiger partial charge < -0.3 is 19.4 Å². The average molecular weight is 379 g/mol. The van der Waals surface area contributed by atoms with Gasteiger partial charge in [0.05, 0.1) is 30.5 Å². The molecule has 1 N–H and O–H groups in total. The van der Waals surface area contributed by atoms with E-state index in [-0.39, 0.29) is 24.0 Å². The van der Waals surface area contributed by atoms with Crippen LogP contribution >= 0.6 is 0 Å². The Bertz CT molecular complexity index is 524. The zero-order valence-electron chi connectivity index (χ0n) is 17.6. The van der Waals surface area contributed by atoms with Gasteiger partial charge in [0, 0.05) is 6.42 Å². The molecule has 0 amide bonds. The first-order chi connectivity index (χ1) is 12.8. The molecule has 4 nitrogen and oxygen atoms in total. The molecule has 0 aromatic heterocycles. The maximum atomic E-state index is 10.9. The summed E-state index contributed by atoms with van der Waals surface area (Å²) in [5, 5.41) is 10.1. The van der Waals surface area contributed by atoms with E-state index in [0.717, 1.165) is 25.5 Å². The minimum absolute atomic E-state index is 0.0727. The molecular weight excluding hydrogens is 340 g/mol. The lowest BCUT2D eigenvalue weighted by Gasteiger charge is -2.40. The molecule has 2 aliphatic heterocycles. The van der Waals surface area contributed by atoms with E-state index in [4.69, 9.17) is 9.47 Å². The molecule has 8 atom stereocenters. The molecule has 0 saturated carbocycles. The molecule has 2 rings (SSSR count). The Morgan fingerprint density at radius 3 is 2.59 bits per heavy atom. The van der Waals surface area contributed by atoms with Gasteiger partial charge in [0.2, 0.25) is 0 Å². The van der Waals surface area contributed by atoms with Gasteiger partial charge in [-0.05, 0) is 64.2 Å². The fourth-order valence-corrected chi connectivity index (χ4v) is 4.37. The Morgan fingerprint density at radius 1 is 1.19 bits per heavy atom. The SMILES string of the molecule is CC(/C=C/C1O[C@H](CC=O)CC(C(C)O)[C@@H]1C)=C\C[C@@H]1O[C@H](C)CC[C@@H]1C. The highest BCUT2D eigenvalue weighted by molar-refractivity contribution is 5.50. The number of aliphatic hydroxyl groups excluding tert-OH is 1. The summed E-state index contributed by atoms with van der Waals surface area (Å²) < 4.78 is 12.2. The molecule has 0 radical (unpaired) electrons. The number of allylic oxidation sites excluding steroid dienone is 2. The van der Waals surface area contributed by atoms with E-state index in [1.807, 2.05) is 6.92 Å². The largest absolute Gasteiger partial charge is 0.393 e. The third kappa shape index (κ3) is 6.55. The molecule has 2 saturated heterocycles. The summed E-state index contributed by atoms with van der Waals surface area (Å²) in [6.45, 7) is 10.5. The predicted molar refractivity (Wildman–Crippen MR) is 109 cm³/mol. The topological polar surface area (TPSA) is 55.8 Å². The molecule has 154 valence electrons. The lowest BCUT2D eigenvalue weighted by atomic mass is 9.78. The van der Waals surface area contributed by atoms with Crippen LogP contribution in [0.1, 0.15) is 66.7 Å². The van der Waals surface area contributed by atoms with Crippen molar-refractivity contribution >= 4 is 6.29 Å². The van der Waals surface area contributed by atoms with Gasteiger partial charge in [0.15, 0.2) is 0 Å². The van der Waals surface area contributed by atoms with E-state index in [2.05, 4.69) is 45.9 Å². The van der Waals surface area contributed by atoms with Crippen molar-refractivity contribution in [3.63, 3.8) is 0 Å². The molecule has 3 unspecified atom stereocenters. The van der Waals surface area contributed by atoms with E-state index in [0.29, 0.717) is 24.5 Å². The molecule has 0 aliphatic carbocycles. The van der Waals surface area contributed by atoms with E-state index in [1.165, 1.54) is 12.0 Å². The van der Waals surface area contributed by atoms with Gasteiger partial charge in [0.25, 0.3) is 0 Å². The van der Waals surface area contributed by atoms with Crippen molar-refractivity contribution in [2.45, 2.75) is 97.2 Å². The number of aliphatic hydroxyl groups is 1. The summed E-state index contributed by atoms with van der Waals surface area (Å²) in [4.78, 5) is 10.9. The van der Waals surface area contributed by atoms with Crippen molar-refractivity contribution < 1.29 is 19.4 Å². The Kier molecular flexibility index (Phi) is 8.71. The Hall–Kier alpha value is -0.970. The van der Waals surface area contributed by atoms with Crippen LogP contribution in [0.5, 0.6) is 0 Å². The molecular formula is C23H38O4. The zero-order chi connectivity index (χ0) is 20.0. The first-order valence-electron chi connectivity index (χ1n) is 10.6. The van der Waals surface area contributed by atoms with Gasteiger partial charge in [0.1, 0.15) is 6.29 Å². The van der Waals surface area contributed by atoms with Crippen LogP contribution in [0.2, 0.25) is 0 Å². The number of ether oxygens (including phenoxy) is 2. The molecule has 2 fully saturated rings. The van der Waals surface area contributed by atoms with E-state index in [9.17, 15) is 9.90 Å². The van der Waals surface area contributed by atoms with Crippen LogP contribution in [0, 0.1) is 17.8 Å². The summed E-state index contributed by atoms with van der Waals surface area (Å²) in [6, 6.07) is 0. The van der Waals surface area contributed by atoms with Crippen LogP contribution in [0.15, 0.2) is 23.8 Å². The minimum atomic E-state index is -0.391. The fourth-order valence-electron chi connectivity index (χ4n) is 4.37. The van der Waals surface area contributed by atoms with Gasteiger partial charge >= 0.3 is 0 Å². The molecule has 4 heteroatoms. The summed E-state index contributed by atoms with van der Waals surface area (Å²) in [5.41, 5.74) is 1.20. The highest BCUT2D eigenvalue weighted by Crippen LogP contribution is 2.34. The highest BCUT2D eigenvalue weighted by Gasteiger charge is 2.36. The van der Waals surface area contributed by atoms with Crippen LogP contribution in [-0.2, 0) is 14.3 Å². The van der Waals surface area contributed by atoms with Crippen molar-refractivity contribution in [1.29, 1.82) is 0 Å². The summed E-state index contributed by atoms with van der Waals surface area (Å²) >= 11 is 0. The molecule has 0 bridgehead atoms. The first-order valence-corrected chi connectivity index (χ1v) is 10.6. The smallest absolute Gasteiger partial charge is 0.122 e. The van der Waals surface area contributed by atoms with Crippen LogP contribution in [0.4, 0.5) is 0 Å². The molecule has 2 heterocycles. The van der Waals surface area contributed by atoms with Crippen LogP contribution in [-0.4, -0.2) is 41.9 Å². The van der Waals surface area contributed by atoms with Gasteiger partial charge in [-0.25, -0.2) is 0 Å². The number of hydrogen-bond acceptors (Lipinski definition) is 4. The number of rotatable bonds is 7. The number of carbonyl (C=O) groups excluding carboxylic acids is 1. The maximum Gasteiger partial charge on any atom is 0.122 e. The number of carbonyl (C=O) groups is 1.